The predicted molar refractivity (Wildman–Crippen MR) is 74.8 cm³/mol. The molecule has 1 N–H and O–H groups in total. The van der Waals surface area contributed by atoms with Crippen molar-refractivity contribution in [1.29, 1.82) is 0 Å². The second kappa shape index (κ2) is 6.76. The minimum Gasteiger partial charge on any atom is -0.496 e. The Morgan fingerprint density at radius 3 is 2.44 bits per heavy atom. The van der Waals surface area contributed by atoms with Crippen LogP contribution in [0.15, 0.2) is 24.3 Å². The van der Waals surface area contributed by atoms with E-state index in [1.165, 1.54) is 0 Å². The fourth-order valence-electron chi connectivity index (χ4n) is 2.10. The van der Waals surface area contributed by atoms with Gasteiger partial charge in [-0.25, -0.2) is 0 Å². The van der Waals surface area contributed by atoms with Crippen LogP contribution in [0.2, 0.25) is 0 Å². The van der Waals surface area contributed by atoms with Crippen molar-refractivity contribution in [3.8, 4) is 5.75 Å². The third-order valence-corrected chi connectivity index (χ3v) is 2.70. The van der Waals surface area contributed by atoms with Crippen LogP contribution in [0.4, 0.5) is 0 Å². The van der Waals surface area contributed by atoms with E-state index in [0.717, 1.165) is 24.4 Å². The summed E-state index contributed by atoms with van der Waals surface area (Å²) in [5, 5.41) is 9.17. The number of para-hydroxylation sites is 1. The Hall–Kier alpha value is -1.06. The number of benzene rings is 1. The fourth-order valence-corrected chi connectivity index (χ4v) is 2.10. The van der Waals surface area contributed by atoms with Crippen LogP contribution < -0.4 is 4.74 Å². The van der Waals surface area contributed by atoms with Crippen molar-refractivity contribution in [2.24, 2.45) is 5.41 Å². The Labute approximate surface area is 110 Å². The van der Waals surface area contributed by atoms with E-state index in [1.54, 1.807) is 7.11 Å². The van der Waals surface area contributed by atoms with Crippen LogP contribution in [0.1, 0.15) is 26.3 Å². The summed E-state index contributed by atoms with van der Waals surface area (Å²) >= 11 is 0. The van der Waals surface area contributed by atoms with Crippen LogP contribution in [-0.2, 0) is 6.54 Å². The molecular weight excluding hydrogens is 226 g/mol. The molecule has 3 heteroatoms. The number of aliphatic hydroxyl groups excluding tert-OH is 1. The van der Waals surface area contributed by atoms with Crippen molar-refractivity contribution in [3.05, 3.63) is 29.8 Å². The lowest BCUT2D eigenvalue weighted by molar-refractivity contribution is 0.145. The summed E-state index contributed by atoms with van der Waals surface area (Å²) in [6, 6.07) is 8.05. The van der Waals surface area contributed by atoms with E-state index < -0.39 is 0 Å². The van der Waals surface area contributed by atoms with Gasteiger partial charge in [-0.15, -0.1) is 0 Å². The van der Waals surface area contributed by atoms with Gasteiger partial charge in [-0.05, 0) is 11.5 Å². The monoisotopic (exact) mass is 251 g/mol. The molecule has 0 atom stereocenters. The first-order chi connectivity index (χ1) is 8.46. The summed E-state index contributed by atoms with van der Waals surface area (Å²) in [4.78, 5) is 2.26. The van der Waals surface area contributed by atoms with Crippen LogP contribution in [0.3, 0.4) is 0 Å². The van der Waals surface area contributed by atoms with Gasteiger partial charge < -0.3 is 9.84 Å². The maximum absolute atomic E-state index is 9.17. The minimum atomic E-state index is 0.186. The molecular formula is C15H25NO2. The number of hydrogen-bond acceptors (Lipinski definition) is 3. The Balaban J connectivity index is 2.76. The molecule has 0 unspecified atom stereocenters. The average molecular weight is 251 g/mol. The average Bonchev–Trinajstić information content (AvgIpc) is 2.28. The lowest BCUT2D eigenvalue weighted by Crippen LogP contribution is -2.34. The van der Waals surface area contributed by atoms with Gasteiger partial charge in [-0.1, -0.05) is 39.0 Å². The van der Waals surface area contributed by atoms with Gasteiger partial charge in [0.05, 0.1) is 13.7 Å². The largest absolute Gasteiger partial charge is 0.496 e. The van der Waals surface area contributed by atoms with Crippen molar-refractivity contribution in [2.75, 3.05) is 26.8 Å². The lowest BCUT2D eigenvalue weighted by atomic mass is 9.95. The van der Waals surface area contributed by atoms with Gasteiger partial charge in [-0.2, -0.15) is 0 Å². The third-order valence-electron chi connectivity index (χ3n) is 2.70. The molecule has 0 aliphatic heterocycles. The number of rotatable bonds is 6. The molecule has 102 valence electrons. The summed E-state index contributed by atoms with van der Waals surface area (Å²) < 4.78 is 5.37. The molecule has 0 heterocycles. The van der Waals surface area contributed by atoms with E-state index in [-0.39, 0.29) is 12.0 Å². The lowest BCUT2D eigenvalue weighted by Gasteiger charge is -2.29. The zero-order valence-corrected chi connectivity index (χ0v) is 11.9. The van der Waals surface area contributed by atoms with Gasteiger partial charge in [-0.3, -0.25) is 4.90 Å². The van der Waals surface area contributed by atoms with Crippen LogP contribution in [0, 0.1) is 5.41 Å². The van der Waals surface area contributed by atoms with Crippen LogP contribution in [-0.4, -0.2) is 36.8 Å². The second-order valence-corrected chi connectivity index (χ2v) is 5.81. The first-order valence-electron chi connectivity index (χ1n) is 6.41. The van der Waals surface area contributed by atoms with Crippen LogP contribution >= 0.6 is 0 Å². The maximum Gasteiger partial charge on any atom is 0.123 e. The molecule has 0 amide bonds. The SMILES string of the molecule is COc1ccccc1CN(CCO)CC(C)(C)C. The second-order valence-electron chi connectivity index (χ2n) is 5.81. The molecule has 0 saturated carbocycles. The van der Waals surface area contributed by atoms with Gasteiger partial charge in [0.15, 0.2) is 0 Å². The number of ether oxygens (including phenoxy) is 1. The summed E-state index contributed by atoms with van der Waals surface area (Å²) in [5.41, 5.74) is 1.38. The maximum atomic E-state index is 9.17. The van der Waals surface area contributed by atoms with Crippen molar-refractivity contribution in [3.63, 3.8) is 0 Å². The number of methoxy groups -OCH3 is 1. The van der Waals surface area contributed by atoms with Crippen molar-refractivity contribution < 1.29 is 9.84 Å². The molecule has 1 aromatic rings. The normalized spacial score (nSPS) is 11.9. The van der Waals surface area contributed by atoms with Gasteiger partial charge in [0.25, 0.3) is 0 Å². The number of hydrogen-bond donors (Lipinski definition) is 1. The number of aliphatic hydroxyl groups is 1. The number of nitrogens with zero attached hydrogens (tertiary/aromatic N) is 1. The molecule has 0 bridgehead atoms. The highest BCUT2D eigenvalue weighted by atomic mass is 16.5. The van der Waals surface area contributed by atoms with Crippen LogP contribution in [0.25, 0.3) is 0 Å². The summed E-state index contributed by atoms with van der Waals surface area (Å²) in [6.07, 6.45) is 0. The molecule has 0 spiro atoms. The van der Waals surface area contributed by atoms with E-state index in [0.29, 0.717) is 6.54 Å². The van der Waals surface area contributed by atoms with E-state index >= 15 is 0 Å². The standard InChI is InChI=1S/C15H25NO2/c1-15(2,3)12-16(9-10-17)11-13-7-5-6-8-14(13)18-4/h5-8,17H,9-12H2,1-4H3. The molecule has 0 aromatic heterocycles. The van der Waals surface area contributed by atoms with Gasteiger partial charge in [0, 0.05) is 25.2 Å². The molecule has 0 fully saturated rings. The smallest absolute Gasteiger partial charge is 0.123 e. The molecule has 0 aliphatic carbocycles. The molecule has 0 aliphatic rings. The highest BCUT2D eigenvalue weighted by Crippen LogP contribution is 2.22. The van der Waals surface area contributed by atoms with Gasteiger partial charge >= 0.3 is 0 Å². The molecule has 0 radical (unpaired) electrons. The molecule has 18 heavy (non-hydrogen) atoms. The Bertz CT molecular complexity index is 358. The van der Waals surface area contributed by atoms with Crippen molar-refractivity contribution in [1.82, 2.24) is 4.90 Å². The summed E-state index contributed by atoms with van der Waals surface area (Å²) in [7, 11) is 1.69. The Morgan fingerprint density at radius 2 is 1.89 bits per heavy atom. The summed E-state index contributed by atoms with van der Waals surface area (Å²) in [5.74, 6) is 0.911. The predicted octanol–water partition coefficient (Wildman–Crippen LogP) is 2.54. The van der Waals surface area contributed by atoms with E-state index in [4.69, 9.17) is 9.84 Å². The molecule has 1 aromatic carbocycles. The Morgan fingerprint density at radius 1 is 1.22 bits per heavy atom. The third kappa shape index (κ3) is 5.07. The molecule has 3 nitrogen and oxygen atoms in total. The first kappa shape index (κ1) is 15.0. The Kier molecular flexibility index (Phi) is 5.63. The minimum absolute atomic E-state index is 0.186. The molecule has 0 saturated heterocycles. The van der Waals surface area contributed by atoms with Crippen LogP contribution in [0.5, 0.6) is 5.75 Å². The zero-order chi connectivity index (χ0) is 13.6. The zero-order valence-electron chi connectivity index (χ0n) is 11.9. The van der Waals surface area contributed by atoms with Crippen molar-refractivity contribution in [2.45, 2.75) is 27.3 Å². The van der Waals surface area contributed by atoms with E-state index in [1.807, 2.05) is 18.2 Å². The highest BCUT2D eigenvalue weighted by molar-refractivity contribution is 5.33. The van der Waals surface area contributed by atoms with Gasteiger partial charge in [0.1, 0.15) is 5.75 Å². The topological polar surface area (TPSA) is 32.7 Å². The quantitative estimate of drug-likeness (QED) is 0.843. The first-order valence-corrected chi connectivity index (χ1v) is 6.41. The summed E-state index contributed by atoms with van der Waals surface area (Å²) in [6.45, 7) is 9.26. The highest BCUT2D eigenvalue weighted by Gasteiger charge is 2.17. The van der Waals surface area contributed by atoms with Gasteiger partial charge in [0.2, 0.25) is 0 Å². The molecule has 1 rings (SSSR count). The van der Waals surface area contributed by atoms with E-state index in [2.05, 4.69) is 31.7 Å². The fraction of sp³-hybridized carbons (Fsp3) is 0.600. The van der Waals surface area contributed by atoms with Crippen molar-refractivity contribution >= 4 is 0 Å². The van der Waals surface area contributed by atoms with E-state index in [9.17, 15) is 0 Å².